The van der Waals surface area contributed by atoms with Gasteiger partial charge in [-0.15, -0.1) is 0 Å². The third-order valence-electron chi connectivity index (χ3n) is 6.76. The zero-order chi connectivity index (χ0) is 42.1. The minimum Gasteiger partial charge on any atom is -0.491 e. The van der Waals surface area contributed by atoms with E-state index in [1.807, 2.05) is 34.7 Å². The molecule has 2 heterocycles. The number of carbonyl (C=O) groups is 6. The molecule has 5 atom stereocenters. The average Bonchev–Trinajstić information content (AvgIpc) is 3.46. The largest absolute Gasteiger partial charge is 0.491 e. The smallest absolute Gasteiger partial charge is 0.335 e. The van der Waals surface area contributed by atoms with Crippen molar-refractivity contribution in [1.29, 1.82) is 0 Å². The molecule has 0 bridgehead atoms. The first-order valence-corrected chi connectivity index (χ1v) is 18.9. The standard InChI is InChI=1S/C20H29NO10.C10H12N2O7S.2C2H6/c1-12(22)29-11-13-3-4-14(28-8-7-27-6-5-21-2)9-16(13)30-17-10-15(23)18(24)19(31-17)20(25)26;13-5-7(6-20(17,18)19)11-8(14)3-4-12-9(15)1-2-10(12)16;2*1-2/h3-4,9,15,17-19,21,23-24H,5-8,10-11H2,1-2H3,(H,25,26);1-2,5,7H,3-4,6H2,(H,11,14)(H,17,18,19);2*1-2H3/t15?,17?,18-,19?;;;/m0.../s1. The molecule has 1 aromatic carbocycles. The van der Waals surface area contributed by atoms with E-state index in [9.17, 15) is 52.5 Å². The Kier molecular flexibility index (Phi) is 24.9. The average molecular weight is 808 g/mol. The highest BCUT2D eigenvalue weighted by Gasteiger charge is 2.42. The Bertz CT molecular complexity index is 1500. The predicted molar refractivity (Wildman–Crippen MR) is 193 cm³/mol. The van der Waals surface area contributed by atoms with Crippen LogP contribution in [0.25, 0.3) is 0 Å². The molecule has 1 aromatic rings. The first-order chi connectivity index (χ1) is 26.0. The van der Waals surface area contributed by atoms with Gasteiger partial charge in [0.25, 0.3) is 21.9 Å². The second-order valence-electron chi connectivity index (χ2n) is 10.8. The van der Waals surface area contributed by atoms with Crippen molar-refractivity contribution in [2.75, 3.05) is 45.7 Å². The Morgan fingerprint density at radius 1 is 1.05 bits per heavy atom. The molecular weight excluding hydrogens is 754 g/mol. The quantitative estimate of drug-likeness (QED) is 0.0340. The van der Waals surface area contributed by atoms with Crippen LogP contribution in [-0.2, 0) is 59.7 Å². The summed E-state index contributed by atoms with van der Waals surface area (Å²) in [6.07, 6.45) is -3.84. The lowest BCUT2D eigenvalue weighted by Gasteiger charge is -2.35. The SMILES string of the molecule is CC.CC.CNCCOCCOc1ccc(COC(C)=O)c(OC2CC(O)[C@H](O)C(C(=O)O)O2)c1.O=CC(CS(=O)(=O)O)NC(=O)CCN1C(=O)C=CC1=O. The number of hydrogen-bond donors (Lipinski definition) is 6. The Hall–Kier alpha value is -4.51. The van der Waals surface area contributed by atoms with Gasteiger partial charge in [-0.25, -0.2) is 4.79 Å². The summed E-state index contributed by atoms with van der Waals surface area (Å²) < 4.78 is 56.8. The summed E-state index contributed by atoms with van der Waals surface area (Å²) in [5.74, 6) is -3.99. The third-order valence-corrected chi connectivity index (χ3v) is 7.55. The molecule has 20 nitrogen and oxygen atoms in total. The summed E-state index contributed by atoms with van der Waals surface area (Å²) in [5, 5.41) is 34.0. The van der Waals surface area contributed by atoms with Crippen LogP contribution in [0.3, 0.4) is 0 Å². The highest BCUT2D eigenvalue weighted by molar-refractivity contribution is 7.85. The summed E-state index contributed by atoms with van der Waals surface area (Å²) in [6.45, 7) is 10.9. The normalized spacial score (nSPS) is 19.3. The lowest BCUT2D eigenvalue weighted by molar-refractivity contribution is -0.228. The summed E-state index contributed by atoms with van der Waals surface area (Å²) in [6, 6.07) is 3.46. The number of amides is 3. The van der Waals surface area contributed by atoms with E-state index < -0.39 is 76.2 Å². The van der Waals surface area contributed by atoms with Gasteiger partial charge in [-0.2, -0.15) is 8.42 Å². The summed E-state index contributed by atoms with van der Waals surface area (Å²) >= 11 is 0. The number of carboxylic acid groups (broad SMARTS) is 1. The number of imide groups is 1. The van der Waals surface area contributed by atoms with Crippen LogP contribution in [0.15, 0.2) is 30.4 Å². The Morgan fingerprint density at radius 2 is 1.69 bits per heavy atom. The number of nitrogens with one attached hydrogen (secondary N) is 2. The van der Waals surface area contributed by atoms with Crippen molar-refractivity contribution in [1.82, 2.24) is 15.5 Å². The molecule has 21 heteroatoms. The van der Waals surface area contributed by atoms with Crippen LogP contribution in [0.5, 0.6) is 11.5 Å². The fourth-order valence-corrected chi connectivity index (χ4v) is 4.89. The molecule has 2 aliphatic rings. The van der Waals surface area contributed by atoms with E-state index >= 15 is 0 Å². The molecule has 3 amide bonds. The van der Waals surface area contributed by atoms with E-state index in [1.54, 1.807) is 18.2 Å². The molecule has 1 saturated heterocycles. The topological polar surface area (TPSA) is 291 Å². The summed E-state index contributed by atoms with van der Waals surface area (Å²) in [7, 11) is -2.58. The molecule has 2 aliphatic heterocycles. The van der Waals surface area contributed by atoms with Crippen molar-refractivity contribution in [2.45, 2.75) is 84.7 Å². The van der Waals surface area contributed by atoms with Crippen LogP contribution in [0, 0.1) is 0 Å². The van der Waals surface area contributed by atoms with Gasteiger partial charge in [-0.3, -0.25) is 28.6 Å². The van der Waals surface area contributed by atoms with Gasteiger partial charge < -0.3 is 54.4 Å². The maximum Gasteiger partial charge on any atom is 0.335 e. The van der Waals surface area contributed by atoms with Gasteiger partial charge in [0.15, 0.2) is 6.10 Å². The molecule has 0 aromatic heterocycles. The molecule has 55 heavy (non-hydrogen) atoms. The number of carbonyl (C=O) groups excluding carboxylic acids is 5. The van der Waals surface area contributed by atoms with Crippen LogP contribution < -0.4 is 20.1 Å². The van der Waals surface area contributed by atoms with Gasteiger partial charge in [0.1, 0.15) is 48.9 Å². The molecule has 3 rings (SSSR count). The number of esters is 1. The number of aldehydes is 1. The lowest BCUT2D eigenvalue weighted by atomic mass is 10.0. The van der Waals surface area contributed by atoms with Gasteiger partial charge in [0.2, 0.25) is 12.2 Å². The fourth-order valence-electron chi connectivity index (χ4n) is 4.27. The van der Waals surface area contributed by atoms with Gasteiger partial charge >= 0.3 is 11.9 Å². The number of carboxylic acids is 1. The van der Waals surface area contributed by atoms with E-state index in [1.165, 1.54) is 6.92 Å². The van der Waals surface area contributed by atoms with Gasteiger partial charge in [0, 0.05) is 56.6 Å². The van der Waals surface area contributed by atoms with E-state index in [0.717, 1.165) is 23.6 Å². The Morgan fingerprint density at radius 3 is 2.24 bits per heavy atom. The second kappa shape index (κ2) is 27.1. The van der Waals surface area contributed by atoms with Crippen LogP contribution >= 0.6 is 0 Å². The molecule has 0 radical (unpaired) electrons. The molecular formula is C34H53N3O17S. The summed E-state index contributed by atoms with van der Waals surface area (Å²) in [4.78, 5) is 67.7. The third kappa shape index (κ3) is 20.1. The maximum atomic E-state index is 11.5. The maximum absolute atomic E-state index is 11.5. The van der Waals surface area contributed by atoms with Crippen molar-refractivity contribution in [3.05, 3.63) is 35.9 Å². The van der Waals surface area contributed by atoms with Gasteiger partial charge in [0.05, 0.1) is 19.3 Å². The van der Waals surface area contributed by atoms with E-state index in [2.05, 4.69) is 10.6 Å². The van der Waals surface area contributed by atoms with Crippen molar-refractivity contribution in [2.24, 2.45) is 0 Å². The van der Waals surface area contributed by atoms with Crippen LogP contribution in [0.1, 0.15) is 53.0 Å². The molecule has 6 N–H and O–H groups in total. The number of hydrogen-bond acceptors (Lipinski definition) is 16. The van der Waals surface area contributed by atoms with Gasteiger partial charge in [-0.05, 0) is 19.2 Å². The number of rotatable bonds is 19. The van der Waals surface area contributed by atoms with Crippen LogP contribution in [-0.4, -0.2) is 145 Å². The van der Waals surface area contributed by atoms with Crippen molar-refractivity contribution >= 4 is 46.1 Å². The lowest BCUT2D eigenvalue weighted by Crippen LogP contribution is -2.53. The van der Waals surface area contributed by atoms with E-state index in [4.69, 9.17) is 28.2 Å². The molecule has 4 unspecified atom stereocenters. The predicted octanol–water partition coefficient (Wildman–Crippen LogP) is -0.410. The number of benzene rings is 1. The van der Waals surface area contributed by atoms with Crippen molar-refractivity contribution in [3.8, 4) is 11.5 Å². The molecule has 0 aliphatic carbocycles. The first-order valence-electron chi connectivity index (χ1n) is 17.3. The zero-order valence-corrected chi connectivity index (χ0v) is 32.5. The molecule has 1 fully saturated rings. The number of aliphatic carboxylic acids is 1. The van der Waals surface area contributed by atoms with Crippen molar-refractivity contribution in [3.63, 3.8) is 0 Å². The monoisotopic (exact) mass is 807 g/mol. The van der Waals surface area contributed by atoms with Gasteiger partial charge in [-0.1, -0.05) is 27.7 Å². The number of ether oxygens (including phenoxy) is 5. The van der Waals surface area contributed by atoms with Crippen molar-refractivity contribution < 1.29 is 80.7 Å². The zero-order valence-electron chi connectivity index (χ0n) is 31.7. The second-order valence-corrected chi connectivity index (χ2v) is 12.3. The number of nitrogens with zero attached hydrogens (tertiary/aromatic N) is 1. The number of likely N-dealkylation sites (N-methyl/N-ethyl adjacent to an activating group) is 1. The summed E-state index contributed by atoms with van der Waals surface area (Å²) in [5.41, 5.74) is 0.490. The highest BCUT2D eigenvalue weighted by atomic mass is 32.2. The minimum atomic E-state index is -4.40. The minimum absolute atomic E-state index is 0.0850. The highest BCUT2D eigenvalue weighted by Crippen LogP contribution is 2.30. The van der Waals surface area contributed by atoms with E-state index in [0.29, 0.717) is 31.1 Å². The molecule has 0 saturated carbocycles. The fraction of sp³-hybridized carbons (Fsp3) is 0.588. The van der Waals surface area contributed by atoms with Crippen LogP contribution in [0.4, 0.5) is 0 Å². The molecule has 312 valence electrons. The van der Waals surface area contributed by atoms with E-state index in [-0.39, 0.29) is 38.0 Å². The number of aliphatic hydroxyl groups excluding tert-OH is 2. The Balaban J connectivity index is 0.00000105. The Labute approximate surface area is 319 Å². The van der Waals surface area contributed by atoms with Crippen LogP contribution in [0.2, 0.25) is 0 Å². The number of aliphatic hydroxyl groups is 2. The first kappa shape index (κ1) is 50.5. The molecule has 0 spiro atoms.